The molecule has 1 aliphatic heterocycles. The molecule has 4 rings (SSSR count). The number of hydrogen-bond donors (Lipinski definition) is 1. The van der Waals surface area contributed by atoms with Gasteiger partial charge in [0.05, 0.1) is 25.5 Å². The van der Waals surface area contributed by atoms with E-state index < -0.39 is 0 Å². The number of rotatable bonds is 8. The van der Waals surface area contributed by atoms with E-state index in [4.69, 9.17) is 14.2 Å². The fraction of sp³-hybridized carbons (Fsp3) is 0.292. The number of amides is 1. The molecule has 1 aliphatic rings. The van der Waals surface area contributed by atoms with E-state index in [1.807, 2.05) is 55.5 Å². The van der Waals surface area contributed by atoms with Crippen molar-refractivity contribution in [3.8, 4) is 22.8 Å². The highest BCUT2D eigenvalue weighted by Crippen LogP contribution is 2.23. The molecule has 166 valence electrons. The highest BCUT2D eigenvalue weighted by molar-refractivity contribution is 5.92. The number of nitrogens with one attached hydrogen (secondary N) is 1. The first-order valence-corrected chi connectivity index (χ1v) is 10.6. The van der Waals surface area contributed by atoms with E-state index in [1.54, 1.807) is 12.1 Å². The van der Waals surface area contributed by atoms with Gasteiger partial charge in [-0.1, -0.05) is 18.2 Å². The van der Waals surface area contributed by atoms with Gasteiger partial charge in [0.2, 0.25) is 0 Å². The first kappa shape index (κ1) is 21.6. The summed E-state index contributed by atoms with van der Waals surface area (Å²) in [5.41, 5.74) is 2.27. The fourth-order valence-electron chi connectivity index (χ4n) is 3.36. The van der Waals surface area contributed by atoms with E-state index >= 15 is 0 Å². The smallest absolute Gasteiger partial charge is 0.262 e. The summed E-state index contributed by atoms with van der Waals surface area (Å²) < 4.78 is 16.4. The molecule has 0 saturated carbocycles. The molecular formula is C24H26N4O4. The van der Waals surface area contributed by atoms with Gasteiger partial charge in [-0.25, -0.2) is 0 Å². The maximum atomic E-state index is 12.4. The summed E-state index contributed by atoms with van der Waals surface area (Å²) in [6, 6.07) is 18.6. The molecule has 0 spiro atoms. The van der Waals surface area contributed by atoms with Gasteiger partial charge in [-0.3, -0.25) is 4.79 Å². The lowest BCUT2D eigenvalue weighted by molar-refractivity contribution is -0.118. The van der Waals surface area contributed by atoms with Crippen molar-refractivity contribution in [2.45, 2.75) is 6.92 Å². The van der Waals surface area contributed by atoms with Crippen LogP contribution in [0.25, 0.3) is 11.3 Å². The third kappa shape index (κ3) is 5.73. The Labute approximate surface area is 187 Å². The van der Waals surface area contributed by atoms with Crippen LogP contribution in [0.3, 0.4) is 0 Å². The van der Waals surface area contributed by atoms with Gasteiger partial charge in [-0.15, -0.1) is 10.2 Å². The number of aromatic nitrogens is 2. The number of anilines is 2. The summed E-state index contributed by atoms with van der Waals surface area (Å²) in [4.78, 5) is 14.5. The maximum absolute atomic E-state index is 12.4. The minimum atomic E-state index is -0.252. The van der Waals surface area contributed by atoms with Gasteiger partial charge in [-0.2, -0.15) is 0 Å². The van der Waals surface area contributed by atoms with Crippen LogP contribution in [0.2, 0.25) is 0 Å². The molecule has 0 atom stereocenters. The molecule has 0 bridgehead atoms. The average molecular weight is 434 g/mol. The number of carbonyl (C=O) groups is 1. The van der Waals surface area contributed by atoms with Crippen LogP contribution in [-0.2, 0) is 9.53 Å². The molecule has 0 aliphatic carbocycles. The summed E-state index contributed by atoms with van der Waals surface area (Å²) in [6.45, 7) is 5.41. The standard InChI is InChI=1S/C24H26N4O4/c1-2-31-20-7-4-8-21(16-20)32-17-24(29)25-19-6-3-5-18(15-19)22-9-10-23(27-26-22)28-11-13-30-14-12-28/h3-10,15-16H,2,11-14,17H2,1H3,(H,25,29). The van der Waals surface area contributed by atoms with Crippen LogP contribution in [0.4, 0.5) is 11.5 Å². The van der Waals surface area contributed by atoms with E-state index in [-0.39, 0.29) is 12.5 Å². The van der Waals surface area contributed by atoms with Gasteiger partial charge in [0, 0.05) is 30.4 Å². The number of ether oxygens (including phenoxy) is 3. The first-order chi connectivity index (χ1) is 15.7. The van der Waals surface area contributed by atoms with Crippen molar-refractivity contribution in [3.05, 3.63) is 60.7 Å². The largest absolute Gasteiger partial charge is 0.494 e. The third-order valence-corrected chi connectivity index (χ3v) is 4.91. The molecule has 2 aromatic carbocycles. The molecule has 3 aromatic rings. The van der Waals surface area contributed by atoms with E-state index in [9.17, 15) is 4.79 Å². The Morgan fingerprint density at radius 3 is 2.53 bits per heavy atom. The predicted molar refractivity (Wildman–Crippen MR) is 122 cm³/mol. The monoisotopic (exact) mass is 434 g/mol. The minimum Gasteiger partial charge on any atom is -0.494 e. The second-order valence-electron chi connectivity index (χ2n) is 7.20. The highest BCUT2D eigenvalue weighted by atomic mass is 16.5. The Morgan fingerprint density at radius 1 is 1.00 bits per heavy atom. The first-order valence-electron chi connectivity index (χ1n) is 10.6. The zero-order valence-electron chi connectivity index (χ0n) is 18.0. The van der Waals surface area contributed by atoms with Crippen LogP contribution < -0.4 is 19.7 Å². The van der Waals surface area contributed by atoms with E-state index in [0.717, 1.165) is 30.2 Å². The molecule has 0 radical (unpaired) electrons. The molecule has 1 saturated heterocycles. The Bertz CT molecular complexity index is 1040. The second-order valence-corrected chi connectivity index (χ2v) is 7.20. The summed E-state index contributed by atoms with van der Waals surface area (Å²) in [7, 11) is 0. The Morgan fingerprint density at radius 2 is 1.78 bits per heavy atom. The van der Waals surface area contributed by atoms with Crippen molar-refractivity contribution >= 4 is 17.4 Å². The quantitative estimate of drug-likeness (QED) is 0.582. The number of benzene rings is 2. The minimum absolute atomic E-state index is 0.103. The van der Waals surface area contributed by atoms with Gasteiger partial charge in [0.25, 0.3) is 5.91 Å². The van der Waals surface area contributed by atoms with Crippen molar-refractivity contribution in [1.82, 2.24) is 10.2 Å². The lowest BCUT2D eigenvalue weighted by atomic mass is 10.1. The van der Waals surface area contributed by atoms with Gasteiger partial charge < -0.3 is 24.4 Å². The van der Waals surface area contributed by atoms with Gasteiger partial charge in [-0.05, 0) is 43.3 Å². The van der Waals surface area contributed by atoms with Crippen molar-refractivity contribution in [2.75, 3.05) is 49.7 Å². The van der Waals surface area contributed by atoms with Crippen molar-refractivity contribution in [3.63, 3.8) is 0 Å². The topological polar surface area (TPSA) is 85.8 Å². The summed E-state index contributed by atoms with van der Waals surface area (Å²) in [5.74, 6) is 1.87. The highest BCUT2D eigenvalue weighted by Gasteiger charge is 2.13. The number of nitrogens with zero attached hydrogens (tertiary/aromatic N) is 3. The fourth-order valence-corrected chi connectivity index (χ4v) is 3.36. The van der Waals surface area contributed by atoms with Crippen molar-refractivity contribution in [2.24, 2.45) is 0 Å². The number of carbonyl (C=O) groups excluding carboxylic acids is 1. The second kappa shape index (κ2) is 10.6. The summed E-state index contributed by atoms with van der Waals surface area (Å²) in [5, 5.41) is 11.6. The Hall–Kier alpha value is -3.65. The molecule has 2 heterocycles. The predicted octanol–water partition coefficient (Wildman–Crippen LogP) is 3.40. The van der Waals surface area contributed by atoms with Gasteiger partial charge >= 0.3 is 0 Å². The van der Waals surface area contributed by atoms with Crippen LogP contribution in [-0.4, -0.2) is 55.6 Å². The van der Waals surface area contributed by atoms with Crippen molar-refractivity contribution in [1.29, 1.82) is 0 Å². The van der Waals surface area contributed by atoms with Crippen LogP contribution in [0.5, 0.6) is 11.5 Å². The zero-order valence-corrected chi connectivity index (χ0v) is 18.0. The molecule has 1 fully saturated rings. The van der Waals surface area contributed by atoms with Crippen LogP contribution in [0.15, 0.2) is 60.7 Å². The molecule has 1 amide bonds. The average Bonchev–Trinajstić information content (AvgIpc) is 2.84. The molecule has 1 N–H and O–H groups in total. The van der Waals surface area contributed by atoms with Crippen LogP contribution in [0, 0.1) is 0 Å². The number of morpholine rings is 1. The summed E-state index contributed by atoms with van der Waals surface area (Å²) in [6.07, 6.45) is 0. The normalized spacial score (nSPS) is 13.5. The van der Waals surface area contributed by atoms with Gasteiger partial charge in [0.15, 0.2) is 12.4 Å². The Kier molecular flexibility index (Phi) is 7.14. The summed E-state index contributed by atoms with van der Waals surface area (Å²) >= 11 is 0. The van der Waals surface area contributed by atoms with E-state index in [2.05, 4.69) is 20.4 Å². The van der Waals surface area contributed by atoms with Crippen molar-refractivity contribution < 1.29 is 19.0 Å². The molecule has 8 heteroatoms. The molecule has 0 unspecified atom stereocenters. The lowest BCUT2D eigenvalue weighted by Gasteiger charge is -2.27. The van der Waals surface area contributed by atoms with E-state index in [1.165, 1.54) is 0 Å². The SMILES string of the molecule is CCOc1cccc(OCC(=O)Nc2cccc(-c3ccc(N4CCOCC4)nn3)c2)c1. The molecule has 8 nitrogen and oxygen atoms in total. The molecular weight excluding hydrogens is 408 g/mol. The van der Waals surface area contributed by atoms with Crippen LogP contribution in [0.1, 0.15) is 6.92 Å². The third-order valence-electron chi connectivity index (χ3n) is 4.91. The zero-order chi connectivity index (χ0) is 22.2. The number of hydrogen-bond acceptors (Lipinski definition) is 7. The Balaban J connectivity index is 1.35. The maximum Gasteiger partial charge on any atom is 0.262 e. The molecule has 1 aromatic heterocycles. The van der Waals surface area contributed by atoms with Crippen LogP contribution >= 0.6 is 0 Å². The van der Waals surface area contributed by atoms with Gasteiger partial charge in [0.1, 0.15) is 11.5 Å². The lowest BCUT2D eigenvalue weighted by Crippen LogP contribution is -2.36. The van der Waals surface area contributed by atoms with E-state index in [0.29, 0.717) is 37.0 Å². The molecule has 32 heavy (non-hydrogen) atoms.